The maximum Gasteiger partial charge on any atom is 0.246 e. The molecule has 6 nitrogen and oxygen atoms in total. The number of hydrogen-bond donors (Lipinski definition) is 0. The smallest absolute Gasteiger partial charge is 0.246 e. The van der Waals surface area contributed by atoms with Crippen LogP contribution in [-0.2, 0) is 15.4 Å². The molecule has 8 heteroatoms. The summed E-state index contributed by atoms with van der Waals surface area (Å²) >= 11 is 0. The monoisotopic (exact) mass is 392 g/mol. The number of fused-ring (bicyclic) bond motifs is 2. The van der Waals surface area contributed by atoms with Crippen LogP contribution in [-0.4, -0.2) is 39.8 Å². The van der Waals surface area contributed by atoms with Gasteiger partial charge in [0.1, 0.15) is 10.7 Å². The second-order valence-corrected chi connectivity index (χ2v) is 10.4. The van der Waals surface area contributed by atoms with Gasteiger partial charge in [-0.3, -0.25) is 0 Å². The van der Waals surface area contributed by atoms with Crippen LogP contribution in [0.5, 0.6) is 0 Å². The summed E-state index contributed by atoms with van der Waals surface area (Å²) in [5.74, 6) is -0.690. The number of nitrogens with zero attached hydrogens (tertiary/aromatic N) is 4. The number of sulfonamides is 1. The van der Waals surface area contributed by atoms with Crippen molar-refractivity contribution in [2.45, 2.75) is 74.9 Å². The molecule has 0 N–H and O–H groups in total. The van der Waals surface area contributed by atoms with Gasteiger partial charge in [-0.2, -0.15) is 4.31 Å². The molecular weight excluding hydrogens is 367 g/mol. The van der Waals surface area contributed by atoms with Crippen LogP contribution in [0.25, 0.3) is 0 Å². The molecule has 2 aliphatic rings. The first-order valence-corrected chi connectivity index (χ1v) is 10.8. The van der Waals surface area contributed by atoms with Gasteiger partial charge < -0.3 is 0 Å². The second-order valence-electron chi connectivity index (χ2n) is 8.61. The topological polar surface area (TPSA) is 68.1 Å². The molecule has 0 spiro atoms. The molecule has 2 atom stereocenters. The average Bonchev–Trinajstić information content (AvgIpc) is 3.19. The number of hydrogen-bond acceptors (Lipinski definition) is 4. The first-order valence-electron chi connectivity index (χ1n) is 9.38. The molecule has 0 radical (unpaired) electrons. The minimum atomic E-state index is -3.84. The fourth-order valence-electron chi connectivity index (χ4n) is 4.28. The molecule has 0 amide bonds. The molecule has 2 aromatic rings. The van der Waals surface area contributed by atoms with E-state index in [2.05, 4.69) is 31.1 Å². The molecule has 2 unspecified atom stereocenters. The molecule has 2 saturated heterocycles. The Balaban J connectivity index is 1.60. The first-order chi connectivity index (χ1) is 12.7. The molecule has 4 rings (SSSR count). The van der Waals surface area contributed by atoms with E-state index in [9.17, 15) is 12.8 Å². The van der Waals surface area contributed by atoms with Crippen LogP contribution >= 0.6 is 0 Å². The zero-order chi connectivity index (χ0) is 19.4. The Labute approximate surface area is 159 Å². The summed E-state index contributed by atoms with van der Waals surface area (Å²) in [4.78, 5) is -0.226. The van der Waals surface area contributed by atoms with Crippen molar-refractivity contribution in [3.8, 4) is 0 Å². The number of piperidine rings is 1. The van der Waals surface area contributed by atoms with Crippen molar-refractivity contribution >= 4 is 10.0 Å². The molecule has 146 valence electrons. The molecule has 1 aromatic heterocycles. The van der Waals surface area contributed by atoms with Crippen LogP contribution < -0.4 is 0 Å². The third-order valence-electron chi connectivity index (χ3n) is 5.69. The highest BCUT2D eigenvalue weighted by atomic mass is 32.2. The zero-order valence-corrected chi connectivity index (χ0v) is 16.7. The third kappa shape index (κ3) is 3.18. The molecule has 1 aromatic carbocycles. The largest absolute Gasteiger partial charge is 0.249 e. The molecule has 2 bridgehead atoms. The van der Waals surface area contributed by atoms with Crippen molar-refractivity contribution in [3.05, 3.63) is 42.0 Å². The van der Waals surface area contributed by atoms with Gasteiger partial charge in [0.15, 0.2) is 0 Å². The Morgan fingerprint density at radius 2 is 1.70 bits per heavy atom. The van der Waals surface area contributed by atoms with Gasteiger partial charge in [-0.05, 0) is 37.8 Å². The van der Waals surface area contributed by atoms with E-state index in [0.29, 0.717) is 12.8 Å². The van der Waals surface area contributed by atoms with Crippen LogP contribution in [0.4, 0.5) is 4.39 Å². The van der Waals surface area contributed by atoms with E-state index in [1.54, 1.807) is 10.4 Å². The van der Waals surface area contributed by atoms with Gasteiger partial charge in [0.2, 0.25) is 10.0 Å². The average molecular weight is 393 g/mol. The van der Waals surface area contributed by atoms with E-state index in [1.165, 1.54) is 18.2 Å². The van der Waals surface area contributed by atoms with Crippen molar-refractivity contribution < 1.29 is 12.8 Å². The molecule has 2 fully saturated rings. The molecular formula is C19H25FN4O2S. The van der Waals surface area contributed by atoms with Crippen LogP contribution in [0.3, 0.4) is 0 Å². The van der Waals surface area contributed by atoms with E-state index >= 15 is 0 Å². The second kappa shape index (κ2) is 6.38. The minimum Gasteiger partial charge on any atom is -0.249 e. The van der Waals surface area contributed by atoms with E-state index < -0.39 is 15.8 Å². The van der Waals surface area contributed by atoms with Crippen LogP contribution in [0.1, 0.15) is 58.2 Å². The molecule has 27 heavy (non-hydrogen) atoms. The highest BCUT2D eigenvalue weighted by Crippen LogP contribution is 2.44. The summed E-state index contributed by atoms with van der Waals surface area (Å²) in [5.41, 5.74) is 0.850. The maximum absolute atomic E-state index is 14.1. The molecule has 0 saturated carbocycles. The van der Waals surface area contributed by atoms with Gasteiger partial charge in [-0.15, -0.1) is 5.10 Å². The Morgan fingerprint density at radius 1 is 1.07 bits per heavy atom. The van der Waals surface area contributed by atoms with Crippen LogP contribution in [0, 0.1) is 5.82 Å². The zero-order valence-electron chi connectivity index (χ0n) is 15.8. The normalized spacial score (nSPS) is 26.4. The fraction of sp³-hybridized carbons (Fsp3) is 0.579. The van der Waals surface area contributed by atoms with E-state index in [4.69, 9.17) is 0 Å². The predicted molar refractivity (Wildman–Crippen MR) is 99.2 cm³/mol. The van der Waals surface area contributed by atoms with Crippen molar-refractivity contribution in [2.24, 2.45) is 0 Å². The lowest BCUT2D eigenvalue weighted by Gasteiger charge is -2.37. The quantitative estimate of drug-likeness (QED) is 0.804. The summed E-state index contributed by atoms with van der Waals surface area (Å²) < 4.78 is 43.8. The predicted octanol–water partition coefficient (Wildman–Crippen LogP) is 3.27. The minimum absolute atomic E-state index is 0.0773. The van der Waals surface area contributed by atoms with Gasteiger partial charge in [0, 0.05) is 23.7 Å². The van der Waals surface area contributed by atoms with Gasteiger partial charge in [-0.1, -0.05) is 38.1 Å². The van der Waals surface area contributed by atoms with Crippen LogP contribution in [0.2, 0.25) is 0 Å². The van der Waals surface area contributed by atoms with E-state index in [1.807, 2.05) is 10.9 Å². The lowest BCUT2D eigenvalue weighted by Crippen LogP contribution is -2.47. The summed E-state index contributed by atoms with van der Waals surface area (Å²) in [6, 6.07) is 5.49. The number of rotatable bonds is 3. The summed E-state index contributed by atoms with van der Waals surface area (Å²) in [7, 11) is -3.84. The van der Waals surface area contributed by atoms with Gasteiger partial charge in [0.05, 0.1) is 11.7 Å². The molecule has 0 aliphatic carbocycles. The number of benzene rings is 1. The van der Waals surface area contributed by atoms with Crippen LogP contribution in [0.15, 0.2) is 35.4 Å². The van der Waals surface area contributed by atoms with Gasteiger partial charge in [0.25, 0.3) is 0 Å². The third-order valence-corrected chi connectivity index (χ3v) is 7.72. The highest BCUT2D eigenvalue weighted by Gasteiger charge is 2.48. The maximum atomic E-state index is 14.1. The summed E-state index contributed by atoms with van der Waals surface area (Å²) in [6.45, 7) is 6.28. The van der Waals surface area contributed by atoms with Crippen molar-refractivity contribution in [2.75, 3.05) is 0 Å². The standard InChI is InChI=1S/C19H25FN4O2S/c1-19(2,3)18-12-23(22-21-18)15-10-13-8-9-14(11-15)24(13)27(25,26)17-7-5-4-6-16(17)20/h4-7,12-15H,8-11H2,1-3H3. The van der Waals surface area contributed by atoms with E-state index in [0.717, 1.165) is 18.5 Å². The number of aromatic nitrogens is 3. The highest BCUT2D eigenvalue weighted by molar-refractivity contribution is 7.89. The SMILES string of the molecule is CC(C)(C)c1cn(C2CC3CCC(C2)N3S(=O)(=O)c2ccccc2F)nn1. The van der Waals surface area contributed by atoms with Crippen molar-refractivity contribution in [1.29, 1.82) is 0 Å². The fourth-order valence-corrected chi connectivity index (χ4v) is 6.24. The Kier molecular flexibility index (Phi) is 4.38. The van der Waals surface area contributed by atoms with Crippen molar-refractivity contribution in [3.63, 3.8) is 0 Å². The molecule has 3 heterocycles. The number of halogens is 1. The Bertz CT molecular complexity index is 937. The lowest BCUT2D eigenvalue weighted by molar-refractivity contribution is 0.183. The Morgan fingerprint density at radius 3 is 2.26 bits per heavy atom. The lowest BCUT2D eigenvalue weighted by atomic mass is 9.93. The van der Waals surface area contributed by atoms with Crippen molar-refractivity contribution in [1.82, 2.24) is 19.3 Å². The van der Waals surface area contributed by atoms with E-state index in [-0.39, 0.29) is 28.4 Å². The van der Waals surface area contributed by atoms with Gasteiger partial charge >= 0.3 is 0 Å². The first kappa shape index (κ1) is 18.6. The van der Waals surface area contributed by atoms with Gasteiger partial charge in [-0.25, -0.2) is 17.5 Å². The summed E-state index contributed by atoms with van der Waals surface area (Å²) in [6.07, 6.45) is 4.94. The molecule has 2 aliphatic heterocycles. The summed E-state index contributed by atoms with van der Waals surface area (Å²) in [5, 5.41) is 8.59. The Hall–Kier alpha value is -1.80.